The van der Waals surface area contributed by atoms with Crippen molar-refractivity contribution in [1.82, 2.24) is 4.98 Å². The van der Waals surface area contributed by atoms with Gasteiger partial charge in [0.05, 0.1) is 11.7 Å². The van der Waals surface area contributed by atoms with Crippen molar-refractivity contribution in [3.8, 4) is 0 Å². The SMILES string of the molecule is Cc1nc(C(N)C2CCC(C(C)(C)C)CC2)sc1C. The third kappa shape index (κ3) is 3.38. The van der Waals surface area contributed by atoms with Gasteiger partial charge in [0.2, 0.25) is 0 Å². The fourth-order valence-corrected chi connectivity index (χ4v) is 4.20. The highest BCUT2D eigenvalue weighted by Crippen LogP contribution is 2.43. The molecule has 0 aliphatic heterocycles. The summed E-state index contributed by atoms with van der Waals surface area (Å²) < 4.78 is 0. The molecule has 1 aromatic heterocycles. The minimum absolute atomic E-state index is 0.151. The van der Waals surface area contributed by atoms with Gasteiger partial charge in [-0.05, 0) is 56.8 Å². The largest absolute Gasteiger partial charge is 0.322 e. The summed E-state index contributed by atoms with van der Waals surface area (Å²) in [5.41, 5.74) is 8.05. The van der Waals surface area contributed by atoms with Crippen LogP contribution in [0.3, 0.4) is 0 Å². The molecule has 108 valence electrons. The van der Waals surface area contributed by atoms with E-state index in [1.165, 1.54) is 30.6 Å². The van der Waals surface area contributed by atoms with Crippen LogP contribution in [0, 0.1) is 31.1 Å². The second-order valence-electron chi connectivity index (χ2n) is 7.20. The van der Waals surface area contributed by atoms with Gasteiger partial charge in [-0.1, -0.05) is 20.8 Å². The topological polar surface area (TPSA) is 38.9 Å². The van der Waals surface area contributed by atoms with Crippen LogP contribution in [0.1, 0.15) is 68.1 Å². The molecule has 3 heteroatoms. The first kappa shape index (κ1) is 15.0. The van der Waals surface area contributed by atoms with E-state index >= 15 is 0 Å². The lowest BCUT2D eigenvalue weighted by molar-refractivity contribution is 0.139. The standard InChI is InChI=1S/C16H28N2S/c1-10-11(2)19-15(18-10)14(17)12-6-8-13(9-7-12)16(3,4)5/h12-14H,6-9,17H2,1-5H3. The average molecular weight is 280 g/mol. The molecule has 1 saturated carbocycles. The molecular weight excluding hydrogens is 252 g/mol. The molecule has 0 saturated heterocycles. The van der Waals surface area contributed by atoms with E-state index in [2.05, 4.69) is 39.6 Å². The second kappa shape index (κ2) is 5.53. The Kier molecular flexibility index (Phi) is 4.36. The first-order valence-electron chi connectivity index (χ1n) is 7.48. The lowest BCUT2D eigenvalue weighted by atomic mass is 9.68. The van der Waals surface area contributed by atoms with Crippen molar-refractivity contribution in [2.75, 3.05) is 0 Å². The van der Waals surface area contributed by atoms with E-state index < -0.39 is 0 Å². The molecule has 1 fully saturated rings. The lowest BCUT2D eigenvalue weighted by Gasteiger charge is -2.38. The number of nitrogens with zero attached hydrogens (tertiary/aromatic N) is 1. The fourth-order valence-electron chi connectivity index (χ4n) is 3.19. The zero-order valence-corrected chi connectivity index (χ0v) is 13.8. The summed E-state index contributed by atoms with van der Waals surface area (Å²) in [5, 5.41) is 1.15. The van der Waals surface area contributed by atoms with E-state index in [-0.39, 0.29) is 6.04 Å². The maximum absolute atomic E-state index is 6.45. The first-order chi connectivity index (χ1) is 8.79. The summed E-state index contributed by atoms with van der Waals surface area (Å²) in [6, 6.07) is 0.151. The number of nitrogens with two attached hydrogens (primary N) is 1. The fraction of sp³-hybridized carbons (Fsp3) is 0.812. The van der Waals surface area contributed by atoms with Crippen molar-refractivity contribution in [2.45, 2.75) is 66.3 Å². The van der Waals surface area contributed by atoms with Crippen molar-refractivity contribution in [1.29, 1.82) is 0 Å². The van der Waals surface area contributed by atoms with Crippen LogP contribution in [0.25, 0.3) is 0 Å². The summed E-state index contributed by atoms with van der Waals surface area (Å²) in [6.45, 7) is 11.3. The van der Waals surface area contributed by atoms with Crippen LogP contribution in [-0.2, 0) is 0 Å². The summed E-state index contributed by atoms with van der Waals surface area (Å²) in [4.78, 5) is 5.96. The number of aryl methyl sites for hydroxylation is 2. The lowest BCUT2D eigenvalue weighted by Crippen LogP contribution is -2.30. The minimum Gasteiger partial charge on any atom is -0.322 e. The molecule has 1 aliphatic carbocycles. The van der Waals surface area contributed by atoms with E-state index in [0.29, 0.717) is 11.3 Å². The number of rotatable bonds is 2. The minimum atomic E-state index is 0.151. The first-order valence-corrected chi connectivity index (χ1v) is 8.30. The van der Waals surface area contributed by atoms with E-state index in [1.807, 2.05) is 0 Å². The Morgan fingerprint density at radius 2 is 1.74 bits per heavy atom. The third-order valence-corrected chi connectivity index (χ3v) is 6.01. The maximum atomic E-state index is 6.45. The van der Waals surface area contributed by atoms with Gasteiger partial charge in [-0.25, -0.2) is 4.98 Å². The van der Waals surface area contributed by atoms with E-state index in [1.54, 1.807) is 11.3 Å². The number of hydrogen-bond acceptors (Lipinski definition) is 3. The van der Waals surface area contributed by atoms with Crippen LogP contribution in [0.4, 0.5) is 0 Å². The molecule has 1 aromatic rings. The van der Waals surface area contributed by atoms with Crippen molar-refractivity contribution >= 4 is 11.3 Å². The predicted molar refractivity (Wildman–Crippen MR) is 83.4 cm³/mol. The summed E-state index contributed by atoms with van der Waals surface area (Å²) in [5.74, 6) is 1.49. The van der Waals surface area contributed by atoms with Gasteiger partial charge in [0.15, 0.2) is 0 Å². The average Bonchev–Trinajstić information content (AvgIpc) is 2.68. The second-order valence-corrected chi connectivity index (χ2v) is 8.43. The highest BCUT2D eigenvalue weighted by molar-refractivity contribution is 7.11. The molecule has 2 nitrogen and oxygen atoms in total. The normalized spacial score (nSPS) is 26.4. The molecule has 0 radical (unpaired) electrons. The third-order valence-electron chi connectivity index (χ3n) is 4.83. The van der Waals surface area contributed by atoms with Gasteiger partial charge in [-0.3, -0.25) is 0 Å². The Balaban J connectivity index is 1.98. The van der Waals surface area contributed by atoms with Gasteiger partial charge in [0.1, 0.15) is 5.01 Å². The molecule has 19 heavy (non-hydrogen) atoms. The van der Waals surface area contributed by atoms with Crippen molar-refractivity contribution < 1.29 is 0 Å². The molecular formula is C16H28N2S. The summed E-state index contributed by atoms with van der Waals surface area (Å²) in [7, 11) is 0. The molecule has 0 bridgehead atoms. The van der Waals surface area contributed by atoms with Gasteiger partial charge in [0, 0.05) is 4.88 Å². The Hall–Kier alpha value is -0.410. The number of hydrogen-bond donors (Lipinski definition) is 1. The Bertz CT molecular complexity index is 403. The van der Waals surface area contributed by atoms with Gasteiger partial charge in [-0.2, -0.15) is 0 Å². The summed E-state index contributed by atoms with van der Waals surface area (Å²) >= 11 is 1.79. The Morgan fingerprint density at radius 3 is 2.16 bits per heavy atom. The number of aromatic nitrogens is 1. The maximum Gasteiger partial charge on any atom is 0.110 e. The highest BCUT2D eigenvalue weighted by Gasteiger charge is 2.33. The molecule has 1 atom stereocenters. The van der Waals surface area contributed by atoms with Gasteiger partial charge in [0.25, 0.3) is 0 Å². The van der Waals surface area contributed by atoms with E-state index in [9.17, 15) is 0 Å². The Morgan fingerprint density at radius 1 is 1.16 bits per heavy atom. The highest BCUT2D eigenvalue weighted by atomic mass is 32.1. The molecule has 0 aromatic carbocycles. The van der Waals surface area contributed by atoms with Crippen LogP contribution >= 0.6 is 11.3 Å². The smallest absolute Gasteiger partial charge is 0.110 e. The molecule has 1 unspecified atom stereocenters. The van der Waals surface area contributed by atoms with Crippen LogP contribution in [0.15, 0.2) is 0 Å². The van der Waals surface area contributed by atoms with Crippen molar-refractivity contribution in [3.05, 3.63) is 15.6 Å². The van der Waals surface area contributed by atoms with E-state index in [0.717, 1.165) is 16.6 Å². The molecule has 0 amide bonds. The molecule has 0 spiro atoms. The summed E-state index contributed by atoms with van der Waals surface area (Å²) in [6.07, 6.45) is 5.18. The predicted octanol–water partition coefficient (Wildman–Crippen LogP) is 4.61. The zero-order valence-electron chi connectivity index (χ0n) is 13.0. The molecule has 2 N–H and O–H groups in total. The van der Waals surface area contributed by atoms with Crippen LogP contribution in [0.5, 0.6) is 0 Å². The monoisotopic (exact) mass is 280 g/mol. The van der Waals surface area contributed by atoms with Crippen LogP contribution in [-0.4, -0.2) is 4.98 Å². The van der Waals surface area contributed by atoms with Crippen molar-refractivity contribution in [2.24, 2.45) is 23.0 Å². The quantitative estimate of drug-likeness (QED) is 0.859. The van der Waals surface area contributed by atoms with Gasteiger partial charge >= 0.3 is 0 Å². The van der Waals surface area contributed by atoms with Gasteiger partial charge < -0.3 is 5.73 Å². The van der Waals surface area contributed by atoms with Crippen LogP contribution in [0.2, 0.25) is 0 Å². The van der Waals surface area contributed by atoms with Gasteiger partial charge in [-0.15, -0.1) is 11.3 Å². The molecule has 2 rings (SSSR count). The van der Waals surface area contributed by atoms with E-state index in [4.69, 9.17) is 5.73 Å². The zero-order chi connectivity index (χ0) is 14.2. The van der Waals surface area contributed by atoms with Crippen LogP contribution < -0.4 is 5.73 Å². The van der Waals surface area contributed by atoms with Crippen molar-refractivity contribution in [3.63, 3.8) is 0 Å². The molecule has 1 aliphatic rings. The number of thiazole rings is 1. The Labute approximate surface area is 121 Å². The molecule has 1 heterocycles.